The first-order valence-corrected chi connectivity index (χ1v) is 8.57. The van der Waals surface area contributed by atoms with Gasteiger partial charge in [0.1, 0.15) is 0 Å². The van der Waals surface area contributed by atoms with Crippen LogP contribution in [0.5, 0.6) is 0 Å². The lowest BCUT2D eigenvalue weighted by molar-refractivity contribution is -0.115. The van der Waals surface area contributed by atoms with Crippen molar-refractivity contribution >= 4 is 39.7 Å². The molecule has 0 bridgehead atoms. The molecule has 3 N–H and O–H groups in total. The van der Waals surface area contributed by atoms with E-state index in [0.29, 0.717) is 28.8 Å². The molecule has 7 heteroatoms. The van der Waals surface area contributed by atoms with Crippen LogP contribution >= 0.6 is 11.6 Å². The van der Waals surface area contributed by atoms with Crippen LogP contribution in [0.15, 0.2) is 18.2 Å². The molecule has 21 heavy (non-hydrogen) atoms. The van der Waals surface area contributed by atoms with Crippen molar-refractivity contribution in [2.24, 2.45) is 0 Å². The van der Waals surface area contributed by atoms with Gasteiger partial charge in [0, 0.05) is 35.3 Å². The van der Waals surface area contributed by atoms with Crippen LogP contribution < -0.4 is 11.1 Å². The number of carbonyl (C=O) groups excluding carboxylic acids is 1. The van der Waals surface area contributed by atoms with Gasteiger partial charge in [-0.2, -0.15) is 0 Å². The molecule has 1 aromatic carbocycles. The predicted molar refractivity (Wildman–Crippen MR) is 85.9 cm³/mol. The molecule has 1 aromatic rings. The van der Waals surface area contributed by atoms with Crippen LogP contribution in [0.1, 0.15) is 19.8 Å². The number of benzene rings is 1. The molecule has 1 fully saturated rings. The maximum atomic E-state index is 12.1. The van der Waals surface area contributed by atoms with Gasteiger partial charge in [0.2, 0.25) is 5.91 Å². The Morgan fingerprint density at radius 1 is 1.57 bits per heavy atom. The number of ether oxygens (including phenoxy) is 1. The zero-order valence-corrected chi connectivity index (χ0v) is 13.4. The van der Waals surface area contributed by atoms with Gasteiger partial charge in [-0.1, -0.05) is 11.6 Å². The maximum Gasteiger partial charge on any atom is 0.225 e. The lowest BCUT2D eigenvalue weighted by Gasteiger charge is -2.13. The number of nitrogens with two attached hydrogens (primary N) is 1. The molecule has 3 atom stereocenters. The normalized spacial score (nSPS) is 23.0. The molecular weight excluding hydrogens is 312 g/mol. The monoisotopic (exact) mass is 330 g/mol. The lowest BCUT2D eigenvalue weighted by Crippen LogP contribution is -2.26. The Bertz CT molecular complexity index is 553. The number of anilines is 2. The first-order chi connectivity index (χ1) is 9.97. The van der Waals surface area contributed by atoms with Gasteiger partial charge >= 0.3 is 0 Å². The van der Waals surface area contributed by atoms with Crippen molar-refractivity contribution in [3.8, 4) is 0 Å². The second-order valence-corrected chi connectivity index (χ2v) is 7.20. The van der Waals surface area contributed by atoms with E-state index in [4.69, 9.17) is 22.1 Å². The van der Waals surface area contributed by atoms with Crippen LogP contribution in [0, 0.1) is 0 Å². The standard InChI is InChI=1S/C14H19ClN2O3S/c1-9-13(4-6-20-9)21(19)7-5-14(18)17-10-2-3-11(15)12(16)8-10/h2-3,8-9,13H,4-7,16H2,1H3,(H,17,18). The fourth-order valence-electron chi connectivity index (χ4n) is 2.25. The zero-order chi connectivity index (χ0) is 15.4. The van der Waals surface area contributed by atoms with Gasteiger partial charge in [-0.3, -0.25) is 9.00 Å². The van der Waals surface area contributed by atoms with E-state index in [1.807, 2.05) is 6.92 Å². The summed E-state index contributed by atoms with van der Waals surface area (Å²) in [5, 5.41) is 3.20. The minimum Gasteiger partial charge on any atom is -0.397 e. The largest absolute Gasteiger partial charge is 0.397 e. The molecule has 2 rings (SSSR count). The summed E-state index contributed by atoms with van der Waals surface area (Å²) in [7, 11) is -1.04. The summed E-state index contributed by atoms with van der Waals surface area (Å²) in [5.74, 6) is 0.157. The third-order valence-corrected chi connectivity index (χ3v) is 5.70. The Hall–Kier alpha value is -1.11. The molecule has 1 aliphatic rings. The molecule has 1 heterocycles. The number of rotatable bonds is 5. The zero-order valence-electron chi connectivity index (χ0n) is 11.8. The number of carbonyl (C=O) groups is 1. The van der Waals surface area contributed by atoms with E-state index in [1.54, 1.807) is 18.2 Å². The third-order valence-electron chi connectivity index (χ3n) is 3.45. The number of hydrogen-bond donors (Lipinski definition) is 2. The molecular formula is C14H19ClN2O3S. The van der Waals surface area contributed by atoms with Gasteiger partial charge in [-0.25, -0.2) is 0 Å². The molecule has 1 saturated heterocycles. The summed E-state index contributed by atoms with van der Waals surface area (Å²) in [6.07, 6.45) is 1.01. The highest BCUT2D eigenvalue weighted by atomic mass is 35.5. The van der Waals surface area contributed by atoms with E-state index in [-0.39, 0.29) is 23.7 Å². The summed E-state index contributed by atoms with van der Waals surface area (Å²) in [5.41, 5.74) is 6.67. The fraction of sp³-hybridized carbons (Fsp3) is 0.500. The second-order valence-electron chi connectivity index (χ2n) is 5.02. The van der Waals surface area contributed by atoms with Gasteiger partial charge in [0.25, 0.3) is 0 Å². The van der Waals surface area contributed by atoms with Crippen LogP contribution in [0.4, 0.5) is 11.4 Å². The van der Waals surface area contributed by atoms with Crippen LogP contribution in [-0.4, -0.2) is 33.8 Å². The lowest BCUT2D eigenvalue weighted by atomic mass is 10.2. The number of nitrogen functional groups attached to an aromatic ring is 1. The third kappa shape index (κ3) is 4.43. The molecule has 0 radical (unpaired) electrons. The molecule has 0 aliphatic carbocycles. The van der Waals surface area contributed by atoms with Crippen molar-refractivity contribution in [2.45, 2.75) is 31.1 Å². The number of amides is 1. The maximum absolute atomic E-state index is 12.1. The molecule has 1 amide bonds. The van der Waals surface area contributed by atoms with Crippen molar-refractivity contribution in [1.29, 1.82) is 0 Å². The quantitative estimate of drug-likeness (QED) is 0.811. The molecule has 1 aliphatic heterocycles. The van der Waals surface area contributed by atoms with Gasteiger partial charge in [0.05, 0.1) is 22.1 Å². The molecule has 5 nitrogen and oxygen atoms in total. The van der Waals surface area contributed by atoms with Crippen LogP contribution in [0.25, 0.3) is 0 Å². The van der Waals surface area contributed by atoms with E-state index < -0.39 is 10.8 Å². The first kappa shape index (κ1) is 16.3. The van der Waals surface area contributed by atoms with E-state index in [0.717, 1.165) is 6.42 Å². The summed E-state index contributed by atoms with van der Waals surface area (Å²) < 4.78 is 17.5. The minimum atomic E-state index is -1.04. The first-order valence-electron chi connectivity index (χ1n) is 6.81. The van der Waals surface area contributed by atoms with Crippen molar-refractivity contribution in [1.82, 2.24) is 0 Å². The van der Waals surface area contributed by atoms with E-state index in [2.05, 4.69) is 5.32 Å². The number of halogens is 1. The van der Waals surface area contributed by atoms with Crippen LogP contribution in [-0.2, 0) is 20.3 Å². The average Bonchev–Trinajstić information content (AvgIpc) is 2.86. The van der Waals surface area contributed by atoms with E-state index in [1.165, 1.54) is 0 Å². The summed E-state index contributed by atoms with van der Waals surface area (Å²) in [6.45, 7) is 2.57. The van der Waals surface area contributed by atoms with Gasteiger partial charge in [-0.05, 0) is 31.5 Å². The topological polar surface area (TPSA) is 81.4 Å². The summed E-state index contributed by atoms with van der Waals surface area (Å²) in [4.78, 5) is 11.9. The molecule has 0 spiro atoms. The highest BCUT2D eigenvalue weighted by Gasteiger charge is 2.29. The van der Waals surface area contributed by atoms with Gasteiger partial charge < -0.3 is 15.8 Å². The molecule has 0 aromatic heterocycles. The Morgan fingerprint density at radius 2 is 2.33 bits per heavy atom. The van der Waals surface area contributed by atoms with Crippen molar-refractivity contribution in [3.63, 3.8) is 0 Å². The van der Waals surface area contributed by atoms with E-state index >= 15 is 0 Å². The average molecular weight is 331 g/mol. The van der Waals surface area contributed by atoms with Crippen molar-refractivity contribution < 1.29 is 13.7 Å². The van der Waals surface area contributed by atoms with Crippen molar-refractivity contribution in [2.75, 3.05) is 23.4 Å². The van der Waals surface area contributed by atoms with Crippen molar-refractivity contribution in [3.05, 3.63) is 23.2 Å². The second kappa shape index (κ2) is 7.24. The Balaban J connectivity index is 1.81. The Labute approximate surface area is 131 Å². The molecule has 116 valence electrons. The number of hydrogen-bond acceptors (Lipinski definition) is 4. The molecule has 3 unspecified atom stereocenters. The van der Waals surface area contributed by atoms with Gasteiger partial charge in [-0.15, -0.1) is 0 Å². The molecule has 0 saturated carbocycles. The number of nitrogens with one attached hydrogen (secondary N) is 1. The Morgan fingerprint density at radius 3 is 2.95 bits per heavy atom. The highest BCUT2D eigenvalue weighted by molar-refractivity contribution is 7.85. The fourth-order valence-corrected chi connectivity index (χ4v) is 3.92. The highest BCUT2D eigenvalue weighted by Crippen LogP contribution is 2.23. The van der Waals surface area contributed by atoms with Crippen LogP contribution in [0.3, 0.4) is 0 Å². The SMILES string of the molecule is CC1OCCC1S(=O)CCC(=O)Nc1ccc(Cl)c(N)c1. The minimum absolute atomic E-state index is 0.00459. The summed E-state index contributed by atoms with van der Waals surface area (Å²) >= 11 is 5.82. The predicted octanol–water partition coefficient (Wildman–Crippen LogP) is 2.18. The smallest absolute Gasteiger partial charge is 0.225 e. The van der Waals surface area contributed by atoms with E-state index in [9.17, 15) is 9.00 Å². The van der Waals surface area contributed by atoms with Crippen LogP contribution in [0.2, 0.25) is 5.02 Å². The van der Waals surface area contributed by atoms with Gasteiger partial charge in [0.15, 0.2) is 0 Å². The summed E-state index contributed by atoms with van der Waals surface area (Å²) in [6, 6.07) is 4.91. The Kier molecular flexibility index (Phi) is 5.61.